The van der Waals surface area contributed by atoms with Crippen molar-refractivity contribution in [2.24, 2.45) is 5.92 Å². The van der Waals surface area contributed by atoms with E-state index in [-0.39, 0.29) is 17.8 Å². The second-order valence-electron chi connectivity index (χ2n) is 6.86. The number of ether oxygens (including phenoxy) is 1. The molecule has 150 valence electrons. The highest BCUT2D eigenvalue weighted by Crippen LogP contribution is 2.35. The first-order valence-electron chi connectivity index (χ1n) is 9.73. The van der Waals surface area contributed by atoms with Crippen LogP contribution in [0.4, 0.5) is 0 Å². The number of esters is 1. The van der Waals surface area contributed by atoms with Crippen molar-refractivity contribution in [3.63, 3.8) is 0 Å². The average molecular weight is 410 g/mol. The Labute approximate surface area is 173 Å². The average Bonchev–Trinajstić information content (AvgIpc) is 3.44. The predicted octanol–water partition coefficient (Wildman–Crippen LogP) is 4.49. The number of thiazole rings is 1. The van der Waals surface area contributed by atoms with Gasteiger partial charge in [0.05, 0.1) is 24.5 Å². The van der Waals surface area contributed by atoms with Crippen LogP contribution in [0.25, 0.3) is 22.0 Å². The van der Waals surface area contributed by atoms with E-state index in [1.54, 1.807) is 12.3 Å². The fourth-order valence-electron chi connectivity index (χ4n) is 3.48. The largest absolute Gasteiger partial charge is 0.466 e. The first-order valence-corrected chi connectivity index (χ1v) is 10.5. The molecule has 0 unspecified atom stereocenters. The van der Waals surface area contributed by atoms with Crippen molar-refractivity contribution in [1.29, 1.82) is 0 Å². The molecule has 1 amide bonds. The van der Waals surface area contributed by atoms with Crippen LogP contribution in [-0.2, 0) is 9.53 Å². The number of hydrogen-bond acceptors (Lipinski definition) is 6. The van der Waals surface area contributed by atoms with E-state index in [0.717, 1.165) is 5.56 Å². The summed E-state index contributed by atoms with van der Waals surface area (Å²) in [6.07, 6.45) is 2.84. The van der Waals surface area contributed by atoms with Crippen LogP contribution in [0.5, 0.6) is 0 Å². The van der Waals surface area contributed by atoms with Crippen molar-refractivity contribution in [3.05, 3.63) is 53.6 Å². The van der Waals surface area contributed by atoms with Crippen LogP contribution in [0.3, 0.4) is 0 Å². The molecule has 0 N–H and O–H groups in total. The van der Waals surface area contributed by atoms with Crippen molar-refractivity contribution in [2.75, 3.05) is 19.7 Å². The van der Waals surface area contributed by atoms with Crippen LogP contribution in [0.1, 0.15) is 29.4 Å². The third-order valence-corrected chi connectivity index (χ3v) is 6.06. The molecule has 6 nitrogen and oxygen atoms in total. The van der Waals surface area contributed by atoms with Gasteiger partial charge in [-0.05, 0) is 31.9 Å². The summed E-state index contributed by atoms with van der Waals surface area (Å²) >= 11 is 1.34. The summed E-state index contributed by atoms with van der Waals surface area (Å²) in [6.45, 7) is 3.26. The smallest absolute Gasteiger partial charge is 0.309 e. The van der Waals surface area contributed by atoms with Gasteiger partial charge in [0.1, 0.15) is 4.88 Å². The van der Waals surface area contributed by atoms with Crippen LogP contribution >= 0.6 is 11.3 Å². The molecule has 29 heavy (non-hydrogen) atoms. The van der Waals surface area contributed by atoms with Crippen LogP contribution in [0.15, 0.2) is 53.1 Å². The highest BCUT2D eigenvalue weighted by molar-refractivity contribution is 7.17. The van der Waals surface area contributed by atoms with E-state index in [2.05, 4.69) is 0 Å². The Morgan fingerprint density at radius 1 is 1.17 bits per heavy atom. The Morgan fingerprint density at radius 3 is 2.59 bits per heavy atom. The number of likely N-dealkylation sites (tertiary alicyclic amines) is 1. The zero-order valence-electron chi connectivity index (χ0n) is 16.2. The van der Waals surface area contributed by atoms with E-state index in [1.165, 1.54) is 11.3 Å². The summed E-state index contributed by atoms with van der Waals surface area (Å²) in [5.41, 5.74) is 1.56. The van der Waals surface area contributed by atoms with Crippen LogP contribution in [0, 0.1) is 5.92 Å². The Balaban J connectivity index is 1.59. The molecule has 0 spiro atoms. The van der Waals surface area contributed by atoms with Crippen LogP contribution in [0.2, 0.25) is 0 Å². The molecule has 0 bridgehead atoms. The third kappa shape index (κ3) is 4.10. The molecule has 0 atom stereocenters. The van der Waals surface area contributed by atoms with Crippen LogP contribution in [-0.4, -0.2) is 41.5 Å². The molecule has 2 aromatic heterocycles. The lowest BCUT2D eigenvalue weighted by molar-refractivity contribution is -0.149. The number of aromatic nitrogens is 1. The lowest BCUT2D eigenvalue weighted by Gasteiger charge is -2.30. The maximum atomic E-state index is 13.3. The molecule has 4 rings (SSSR count). The number of carbonyl (C=O) groups excluding carboxylic acids is 2. The van der Waals surface area contributed by atoms with Gasteiger partial charge in [0.25, 0.3) is 5.91 Å². The topological polar surface area (TPSA) is 72.6 Å². The number of piperidine rings is 1. The standard InChI is InChI=1S/C22H22N2O4S/c1-2-27-22(26)16-10-12-24(13-11-16)21(25)19-18(15-7-4-3-5-8-15)23-20(29-19)17-9-6-14-28-17/h3-9,14,16H,2,10-13H2,1H3. The monoisotopic (exact) mass is 410 g/mol. The van der Waals surface area contributed by atoms with Gasteiger partial charge in [-0.2, -0.15) is 0 Å². The summed E-state index contributed by atoms with van der Waals surface area (Å²) in [6, 6.07) is 13.3. The SMILES string of the molecule is CCOC(=O)C1CCN(C(=O)c2sc(-c3ccco3)nc2-c2ccccc2)CC1. The molecule has 0 radical (unpaired) electrons. The lowest BCUT2D eigenvalue weighted by Crippen LogP contribution is -2.40. The van der Waals surface area contributed by atoms with Crippen molar-refractivity contribution < 1.29 is 18.7 Å². The molecule has 1 fully saturated rings. The van der Waals surface area contributed by atoms with Crippen molar-refractivity contribution in [2.45, 2.75) is 19.8 Å². The Kier molecular flexibility index (Phi) is 5.76. The first kappa shape index (κ1) is 19.4. The molecular formula is C22H22N2O4S. The molecule has 3 aromatic rings. The van der Waals surface area contributed by atoms with Gasteiger partial charge in [-0.25, -0.2) is 4.98 Å². The van der Waals surface area contributed by atoms with Gasteiger partial charge in [0.2, 0.25) is 0 Å². The molecule has 3 heterocycles. The summed E-state index contributed by atoms with van der Waals surface area (Å²) < 4.78 is 10.6. The zero-order valence-corrected chi connectivity index (χ0v) is 17.0. The summed E-state index contributed by atoms with van der Waals surface area (Å²) in [5, 5.41) is 0.679. The van der Waals surface area contributed by atoms with E-state index >= 15 is 0 Å². The summed E-state index contributed by atoms with van der Waals surface area (Å²) in [5.74, 6) is 0.295. The molecule has 1 aromatic carbocycles. The fraction of sp³-hybridized carbons (Fsp3) is 0.318. The Hall–Kier alpha value is -2.93. The number of amides is 1. The number of carbonyl (C=O) groups is 2. The maximum absolute atomic E-state index is 13.3. The molecule has 0 aliphatic carbocycles. The van der Waals surface area contributed by atoms with Crippen molar-refractivity contribution in [3.8, 4) is 22.0 Å². The minimum atomic E-state index is -0.164. The first-order chi connectivity index (χ1) is 14.2. The number of furan rings is 1. The zero-order chi connectivity index (χ0) is 20.2. The normalized spacial score (nSPS) is 14.7. The van der Waals surface area contributed by atoms with Gasteiger partial charge < -0.3 is 14.1 Å². The van der Waals surface area contributed by atoms with Gasteiger partial charge in [0, 0.05) is 18.7 Å². The lowest BCUT2D eigenvalue weighted by atomic mass is 9.97. The summed E-state index contributed by atoms with van der Waals surface area (Å²) in [7, 11) is 0. The highest BCUT2D eigenvalue weighted by atomic mass is 32.1. The molecule has 1 aliphatic rings. The van der Waals surface area contributed by atoms with E-state index in [4.69, 9.17) is 14.1 Å². The second kappa shape index (κ2) is 8.61. The number of benzene rings is 1. The van der Waals surface area contributed by atoms with Gasteiger partial charge in [-0.3, -0.25) is 9.59 Å². The van der Waals surface area contributed by atoms with Gasteiger partial charge in [0.15, 0.2) is 10.8 Å². The number of nitrogens with zero attached hydrogens (tertiary/aromatic N) is 2. The summed E-state index contributed by atoms with van der Waals surface area (Å²) in [4.78, 5) is 32.4. The number of rotatable bonds is 5. The van der Waals surface area contributed by atoms with Crippen LogP contribution < -0.4 is 0 Å². The molecule has 1 saturated heterocycles. The third-order valence-electron chi connectivity index (χ3n) is 5.00. The maximum Gasteiger partial charge on any atom is 0.309 e. The Morgan fingerprint density at radius 2 is 1.93 bits per heavy atom. The molecular weight excluding hydrogens is 388 g/mol. The molecule has 1 aliphatic heterocycles. The Bertz CT molecular complexity index is 974. The van der Waals surface area contributed by atoms with E-state index in [0.29, 0.717) is 53.9 Å². The molecule has 7 heteroatoms. The predicted molar refractivity (Wildman–Crippen MR) is 111 cm³/mol. The number of hydrogen-bond donors (Lipinski definition) is 0. The quantitative estimate of drug-likeness (QED) is 0.580. The van der Waals surface area contributed by atoms with E-state index < -0.39 is 0 Å². The minimum absolute atomic E-state index is 0.0542. The minimum Gasteiger partial charge on any atom is -0.466 e. The van der Waals surface area contributed by atoms with Crippen molar-refractivity contribution in [1.82, 2.24) is 9.88 Å². The fourth-order valence-corrected chi connectivity index (χ4v) is 4.51. The van der Waals surface area contributed by atoms with Crippen molar-refractivity contribution >= 4 is 23.2 Å². The van der Waals surface area contributed by atoms with Gasteiger partial charge in [-0.1, -0.05) is 30.3 Å². The highest BCUT2D eigenvalue weighted by Gasteiger charge is 2.31. The van der Waals surface area contributed by atoms with E-state index in [1.807, 2.05) is 48.2 Å². The van der Waals surface area contributed by atoms with Gasteiger partial charge in [-0.15, -0.1) is 11.3 Å². The molecule has 0 saturated carbocycles. The second-order valence-corrected chi connectivity index (χ2v) is 7.86. The van der Waals surface area contributed by atoms with E-state index in [9.17, 15) is 9.59 Å². The van der Waals surface area contributed by atoms with Gasteiger partial charge >= 0.3 is 5.97 Å².